The summed E-state index contributed by atoms with van der Waals surface area (Å²) in [5, 5.41) is 5.00. The van der Waals surface area contributed by atoms with Crippen LogP contribution in [0.2, 0.25) is 0 Å². The summed E-state index contributed by atoms with van der Waals surface area (Å²) >= 11 is 0. The molecular weight excluding hydrogens is 615 g/mol. The Kier molecular flexibility index (Phi) is 7.92. The van der Waals surface area contributed by atoms with Gasteiger partial charge in [0.2, 0.25) is 0 Å². The highest BCUT2D eigenvalue weighted by molar-refractivity contribution is 6.04. The summed E-state index contributed by atoms with van der Waals surface area (Å²) in [4.78, 5) is 2.36. The van der Waals surface area contributed by atoms with Crippen molar-refractivity contribution < 1.29 is 0 Å². The summed E-state index contributed by atoms with van der Waals surface area (Å²) in [7, 11) is 0. The van der Waals surface area contributed by atoms with Gasteiger partial charge in [0.05, 0.1) is 0 Å². The second-order valence-corrected chi connectivity index (χ2v) is 13.0. The fourth-order valence-electron chi connectivity index (χ4n) is 7.29. The van der Waals surface area contributed by atoms with Gasteiger partial charge in [-0.3, -0.25) is 0 Å². The SMILES string of the molecule is c1ccc(-c2ccc(N(c3ccc(-c4ccc5ccccc5c4-c4ccccc4)cc3)c3cccc(-c4ccc5ccccc5c4)c3)cc2)cc1. The fraction of sp³-hybridized carbons (Fsp3) is 0. The van der Waals surface area contributed by atoms with E-state index in [0.717, 1.165) is 17.1 Å². The van der Waals surface area contributed by atoms with Gasteiger partial charge in [0.25, 0.3) is 0 Å². The first kappa shape index (κ1) is 30.4. The zero-order chi connectivity index (χ0) is 34.0. The number of rotatable bonds is 7. The third-order valence-electron chi connectivity index (χ3n) is 9.85. The van der Waals surface area contributed by atoms with E-state index in [1.54, 1.807) is 0 Å². The predicted octanol–water partition coefficient (Wildman–Crippen LogP) is 14.1. The predicted molar refractivity (Wildman–Crippen MR) is 218 cm³/mol. The Morgan fingerprint density at radius 1 is 0.255 bits per heavy atom. The zero-order valence-electron chi connectivity index (χ0n) is 28.2. The molecule has 0 aliphatic heterocycles. The van der Waals surface area contributed by atoms with Gasteiger partial charge in [0.1, 0.15) is 0 Å². The molecule has 1 nitrogen and oxygen atoms in total. The number of fused-ring (bicyclic) bond motifs is 2. The summed E-state index contributed by atoms with van der Waals surface area (Å²) in [6, 6.07) is 76.6. The number of hydrogen-bond donors (Lipinski definition) is 0. The van der Waals surface area contributed by atoms with Gasteiger partial charge >= 0.3 is 0 Å². The van der Waals surface area contributed by atoms with Crippen LogP contribution in [-0.2, 0) is 0 Å². The largest absolute Gasteiger partial charge is 0.310 e. The first-order valence-electron chi connectivity index (χ1n) is 17.5. The van der Waals surface area contributed by atoms with E-state index in [4.69, 9.17) is 0 Å². The van der Waals surface area contributed by atoms with Crippen molar-refractivity contribution in [1.82, 2.24) is 0 Å². The van der Waals surface area contributed by atoms with Crippen molar-refractivity contribution in [1.29, 1.82) is 0 Å². The van der Waals surface area contributed by atoms with Crippen LogP contribution in [0, 0.1) is 0 Å². The van der Waals surface area contributed by atoms with Crippen molar-refractivity contribution in [2.75, 3.05) is 4.90 Å². The molecule has 0 saturated carbocycles. The Balaban J connectivity index is 1.15. The van der Waals surface area contributed by atoms with Crippen molar-refractivity contribution in [2.45, 2.75) is 0 Å². The Hall–Kier alpha value is -6.70. The summed E-state index contributed by atoms with van der Waals surface area (Å²) < 4.78 is 0. The highest BCUT2D eigenvalue weighted by Crippen LogP contribution is 2.41. The Labute approximate surface area is 299 Å². The van der Waals surface area contributed by atoms with E-state index in [-0.39, 0.29) is 0 Å². The Bertz CT molecular complexity index is 2600. The average molecular weight is 650 g/mol. The Morgan fingerprint density at radius 3 is 1.49 bits per heavy atom. The van der Waals surface area contributed by atoms with Crippen molar-refractivity contribution >= 4 is 38.6 Å². The molecule has 0 aromatic heterocycles. The highest BCUT2D eigenvalue weighted by Gasteiger charge is 2.16. The fourth-order valence-corrected chi connectivity index (χ4v) is 7.29. The molecule has 9 aromatic rings. The maximum Gasteiger partial charge on any atom is 0.0467 e. The minimum atomic E-state index is 1.10. The van der Waals surface area contributed by atoms with Gasteiger partial charge < -0.3 is 4.90 Å². The van der Waals surface area contributed by atoms with Crippen LogP contribution < -0.4 is 4.90 Å². The third kappa shape index (κ3) is 5.96. The maximum atomic E-state index is 2.36. The minimum Gasteiger partial charge on any atom is -0.310 e. The molecule has 1 heteroatoms. The lowest BCUT2D eigenvalue weighted by molar-refractivity contribution is 1.28. The third-order valence-corrected chi connectivity index (χ3v) is 9.85. The summed E-state index contributed by atoms with van der Waals surface area (Å²) in [6.45, 7) is 0. The molecule has 0 amide bonds. The first-order valence-corrected chi connectivity index (χ1v) is 17.5. The van der Waals surface area contributed by atoms with E-state index in [2.05, 4.69) is 217 Å². The van der Waals surface area contributed by atoms with Gasteiger partial charge in [0, 0.05) is 17.1 Å². The average Bonchev–Trinajstić information content (AvgIpc) is 3.21. The second-order valence-electron chi connectivity index (χ2n) is 13.0. The van der Waals surface area contributed by atoms with Gasteiger partial charge in [-0.25, -0.2) is 0 Å². The smallest absolute Gasteiger partial charge is 0.0467 e. The molecule has 0 heterocycles. The molecule has 240 valence electrons. The van der Waals surface area contributed by atoms with Crippen LogP contribution in [0.1, 0.15) is 0 Å². The van der Waals surface area contributed by atoms with Gasteiger partial charge in [-0.05, 0) is 109 Å². The second kappa shape index (κ2) is 13.3. The molecule has 0 N–H and O–H groups in total. The van der Waals surface area contributed by atoms with E-state index in [9.17, 15) is 0 Å². The lowest BCUT2D eigenvalue weighted by Crippen LogP contribution is -2.10. The molecule has 0 unspecified atom stereocenters. The molecule has 9 rings (SSSR count). The lowest BCUT2D eigenvalue weighted by atomic mass is 9.90. The number of benzene rings is 9. The van der Waals surface area contributed by atoms with E-state index < -0.39 is 0 Å². The number of anilines is 3. The molecule has 0 saturated heterocycles. The van der Waals surface area contributed by atoms with Gasteiger partial charge in [0.15, 0.2) is 0 Å². The summed E-state index contributed by atoms with van der Waals surface area (Å²) in [5.41, 5.74) is 13.0. The van der Waals surface area contributed by atoms with Crippen LogP contribution in [0.3, 0.4) is 0 Å². The van der Waals surface area contributed by atoms with Crippen LogP contribution in [0.15, 0.2) is 212 Å². The molecule has 0 spiro atoms. The molecular formula is C50H35N. The molecule has 0 aliphatic carbocycles. The summed E-state index contributed by atoms with van der Waals surface area (Å²) in [6.07, 6.45) is 0. The van der Waals surface area contributed by atoms with E-state index >= 15 is 0 Å². The van der Waals surface area contributed by atoms with E-state index in [0.29, 0.717) is 0 Å². The van der Waals surface area contributed by atoms with Crippen molar-refractivity contribution in [3.8, 4) is 44.5 Å². The van der Waals surface area contributed by atoms with Crippen LogP contribution in [0.5, 0.6) is 0 Å². The lowest BCUT2D eigenvalue weighted by Gasteiger charge is -2.26. The zero-order valence-corrected chi connectivity index (χ0v) is 28.2. The van der Waals surface area contributed by atoms with Crippen LogP contribution >= 0.6 is 0 Å². The molecule has 9 aromatic carbocycles. The van der Waals surface area contributed by atoms with E-state index in [1.807, 2.05) is 0 Å². The van der Waals surface area contributed by atoms with Gasteiger partial charge in [-0.2, -0.15) is 0 Å². The number of hydrogen-bond acceptors (Lipinski definition) is 1. The quantitative estimate of drug-likeness (QED) is 0.166. The van der Waals surface area contributed by atoms with Gasteiger partial charge in [-0.1, -0.05) is 170 Å². The topological polar surface area (TPSA) is 3.24 Å². The standard InChI is InChI=1S/C50H35N/c1-3-12-36(13-4-1)38-24-29-45(30-25-38)51(47-20-11-19-43(35-47)44-23-22-37-14-7-8-18-42(37)34-44)46-31-26-40(27-32-46)49-33-28-39-15-9-10-21-48(39)50(49)41-16-5-2-6-17-41/h1-35H. The molecule has 0 atom stereocenters. The molecule has 0 aliphatic rings. The maximum absolute atomic E-state index is 2.36. The van der Waals surface area contributed by atoms with Crippen molar-refractivity contribution in [3.05, 3.63) is 212 Å². The van der Waals surface area contributed by atoms with E-state index in [1.165, 1.54) is 66.1 Å². The van der Waals surface area contributed by atoms with Crippen LogP contribution in [0.25, 0.3) is 66.1 Å². The monoisotopic (exact) mass is 649 g/mol. The molecule has 0 bridgehead atoms. The molecule has 0 radical (unpaired) electrons. The normalized spacial score (nSPS) is 11.1. The highest BCUT2D eigenvalue weighted by atomic mass is 15.1. The van der Waals surface area contributed by atoms with Crippen molar-refractivity contribution in [3.63, 3.8) is 0 Å². The Morgan fingerprint density at radius 2 is 0.765 bits per heavy atom. The minimum absolute atomic E-state index is 1.10. The van der Waals surface area contributed by atoms with Crippen molar-refractivity contribution in [2.24, 2.45) is 0 Å². The first-order chi connectivity index (χ1) is 25.3. The molecule has 51 heavy (non-hydrogen) atoms. The molecule has 0 fully saturated rings. The van der Waals surface area contributed by atoms with Gasteiger partial charge in [-0.15, -0.1) is 0 Å². The summed E-state index contributed by atoms with van der Waals surface area (Å²) in [5.74, 6) is 0. The van der Waals surface area contributed by atoms with Crippen LogP contribution in [-0.4, -0.2) is 0 Å². The van der Waals surface area contributed by atoms with Crippen LogP contribution in [0.4, 0.5) is 17.1 Å². The number of nitrogens with zero attached hydrogens (tertiary/aromatic N) is 1.